The van der Waals surface area contributed by atoms with Crippen LogP contribution in [0.1, 0.15) is 32.6 Å². The molecule has 2 N–H and O–H groups in total. The molecule has 2 aromatic rings. The molecule has 0 saturated carbocycles. The number of hydrogen-bond acceptors (Lipinski definition) is 5. The molecule has 0 aliphatic rings. The predicted molar refractivity (Wildman–Crippen MR) is 73.5 cm³/mol. The van der Waals surface area contributed by atoms with Crippen LogP contribution in [0.15, 0.2) is 24.3 Å². The molecule has 0 amide bonds. The lowest BCUT2D eigenvalue weighted by atomic mass is 10.1. The largest absolute Gasteiger partial charge is 0.477 e. The summed E-state index contributed by atoms with van der Waals surface area (Å²) in [4.78, 5) is 26.4. The van der Waals surface area contributed by atoms with Crippen molar-refractivity contribution >= 4 is 33.9 Å². The number of rotatable bonds is 4. The zero-order chi connectivity index (χ0) is 14.0. The molecule has 6 heteroatoms. The minimum atomic E-state index is -0.977. The van der Waals surface area contributed by atoms with Gasteiger partial charge < -0.3 is 10.4 Å². The molecule has 98 valence electrons. The van der Waals surface area contributed by atoms with Crippen LogP contribution in [0, 0.1) is 6.92 Å². The van der Waals surface area contributed by atoms with E-state index in [4.69, 9.17) is 5.11 Å². The standard InChI is InChI=1S/C13H12N2O3S/c1-7-11(12(17)18)19-13(14-7)15-10-5-3-9(4-6-10)8(2)16/h3-6H,1-2H3,(H,14,15)(H,17,18). The fourth-order valence-electron chi connectivity index (χ4n) is 1.56. The van der Waals surface area contributed by atoms with E-state index >= 15 is 0 Å². The van der Waals surface area contributed by atoms with Gasteiger partial charge in [-0.05, 0) is 38.1 Å². The van der Waals surface area contributed by atoms with Crippen LogP contribution in [0.2, 0.25) is 0 Å². The van der Waals surface area contributed by atoms with Crippen LogP contribution in [0.3, 0.4) is 0 Å². The van der Waals surface area contributed by atoms with Crippen LogP contribution in [-0.4, -0.2) is 21.8 Å². The fourth-order valence-corrected chi connectivity index (χ4v) is 2.39. The monoisotopic (exact) mass is 276 g/mol. The highest BCUT2D eigenvalue weighted by atomic mass is 32.1. The van der Waals surface area contributed by atoms with Crippen LogP contribution in [-0.2, 0) is 0 Å². The topological polar surface area (TPSA) is 79.3 Å². The van der Waals surface area contributed by atoms with Gasteiger partial charge in [0, 0.05) is 11.3 Å². The number of nitrogens with one attached hydrogen (secondary N) is 1. The van der Waals surface area contributed by atoms with E-state index in [1.165, 1.54) is 6.92 Å². The van der Waals surface area contributed by atoms with Gasteiger partial charge in [-0.2, -0.15) is 0 Å². The van der Waals surface area contributed by atoms with Gasteiger partial charge >= 0.3 is 5.97 Å². The SMILES string of the molecule is CC(=O)c1ccc(Nc2nc(C)c(C(=O)O)s2)cc1. The number of Topliss-reactive ketones (excluding diaryl/α,β-unsaturated/α-hetero) is 1. The second-order valence-corrected chi connectivity index (χ2v) is 5.00. The average molecular weight is 276 g/mol. The van der Waals surface area contributed by atoms with Crippen LogP contribution in [0.4, 0.5) is 10.8 Å². The number of carboxylic acids is 1. The first-order valence-corrected chi connectivity index (χ1v) is 6.38. The van der Waals surface area contributed by atoms with Crippen LogP contribution >= 0.6 is 11.3 Å². The maximum atomic E-state index is 11.1. The van der Waals surface area contributed by atoms with E-state index in [0.29, 0.717) is 16.4 Å². The van der Waals surface area contributed by atoms with Crippen molar-refractivity contribution in [3.05, 3.63) is 40.4 Å². The predicted octanol–water partition coefficient (Wildman–Crippen LogP) is 3.10. The summed E-state index contributed by atoms with van der Waals surface area (Å²) in [6.45, 7) is 3.16. The van der Waals surface area contributed by atoms with E-state index in [2.05, 4.69) is 10.3 Å². The Labute approximate surface area is 113 Å². The van der Waals surface area contributed by atoms with Gasteiger partial charge in [-0.15, -0.1) is 0 Å². The molecular formula is C13H12N2O3S. The van der Waals surface area contributed by atoms with Crippen LogP contribution in [0.5, 0.6) is 0 Å². The first-order valence-electron chi connectivity index (χ1n) is 5.56. The van der Waals surface area contributed by atoms with Gasteiger partial charge in [0.2, 0.25) is 0 Å². The zero-order valence-electron chi connectivity index (χ0n) is 10.4. The molecule has 0 unspecified atom stereocenters. The molecule has 2 rings (SSSR count). The summed E-state index contributed by atoms with van der Waals surface area (Å²) in [6.07, 6.45) is 0. The molecule has 0 atom stereocenters. The maximum Gasteiger partial charge on any atom is 0.347 e. The summed E-state index contributed by atoms with van der Waals surface area (Å²) in [5, 5.41) is 12.5. The molecule has 19 heavy (non-hydrogen) atoms. The number of carboxylic acid groups (broad SMARTS) is 1. The summed E-state index contributed by atoms with van der Waals surface area (Å²) in [5.74, 6) is -0.972. The quantitative estimate of drug-likeness (QED) is 0.839. The van der Waals surface area contributed by atoms with Gasteiger partial charge in [0.15, 0.2) is 10.9 Å². The third-order valence-corrected chi connectivity index (χ3v) is 3.59. The van der Waals surface area contributed by atoms with Crippen molar-refractivity contribution in [3.63, 3.8) is 0 Å². The Morgan fingerprint density at radius 2 is 1.89 bits per heavy atom. The second kappa shape index (κ2) is 5.19. The van der Waals surface area contributed by atoms with E-state index in [1.54, 1.807) is 31.2 Å². The molecule has 0 spiro atoms. The molecule has 0 saturated heterocycles. The first-order chi connectivity index (χ1) is 8.97. The Morgan fingerprint density at radius 3 is 2.37 bits per heavy atom. The van der Waals surface area contributed by atoms with E-state index in [0.717, 1.165) is 17.0 Å². The molecule has 0 fully saturated rings. The number of thiazole rings is 1. The Bertz CT molecular complexity index is 632. The lowest BCUT2D eigenvalue weighted by Gasteiger charge is -2.02. The van der Waals surface area contributed by atoms with Crippen molar-refractivity contribution in [1.82, 2.24) is 4.98 Å². The Hall–Kier alpha value is -2.21. The number of ketones is 1. The molecule has 0 radical (unpaired) electrons. The Kier molecular flexibility index (Phi) is 3.62. The summed E-state index contributed by atoms with van der Waals surface area (Å²) in [5.41, 5.74) is 1.88. The molecule has 1 aromatic carbocycles. The van der Waals surface area contributed by atoms with Crippen LogP contribution in [0.25, 0.3) is 0 Å². The second-order valence-electron chi connectivity index (χ2n) is 4.00. The smallest absolute Gasteiger partial charge is 0.347 e. The highest BCUT2D eigenvalue weighted by molar-refractivity contribution is 7.17. The Balaban J connectivity index is 2.19. The van der Waals surface area contributed by atoms with Crippen molar-refractivity contribution in [2.24, 2.45) is 0 Å². The fraction of sp³-hybridized carbons (Fsp3) is 0.154. The number of benzene rings is 1. The lowest BCUT2D eigenvalue weighted by Crippen LogP contribution is -1.94. The highest BCUT2D eigenvalue weighted by Crippen LogP contribution is 2.25. The third kappa shape index (κ3) is 2.97. The number of carbonyl (C=O) groups is 2. The molecule has 0 aliphatic heterocycles. The maximum absolute atomic E-state index is 11.1. The van der Waals surface area contributed by atoms with Gasteiger partial charge in [0.25, 0.3) is 0 Å². The van der Waals surface area contributed by atoms with Crippen molar-refractivity contribution < 1.29 is 14.7 Å². The van der Waals surface area contributed by atoms with Crippen molar-refractivity contribution in [1.29, 1.82) is 0 Å². The van der Waals surface area contributed by atoms with Crippen molar-refractivity contribution in [2.75, 3.05) is 5.32 Å². The third-order valence-electron chi connectivity index (χ3n) is 2.53. The first kappa shape index (κ1) is 13.2. The van der Waals surface area contributed by atoms with Crippen molar-refractivity contribution in [3.8, 4) is 0 Å². The van der Waals surface area contributed by atoms with Gasteiger partial charge in [-0.1, -0.05) is 11.3 Å². The van der Waals surface area contributed by atoms with Gasteiger partial charge in [0.05, 0.1) is 5.69 Å². The summed E-state index contributed by atoms with van der Waals surface area (Å²) in [7, 11) is 0. The average Bonchev–Trinajstić information content (AvgIpc) is 2.71. The number of aryl methyl sites for hydroxylation is 1. The van der Waals surface area contributed by atoms with Gasteiger partial charge in [-0.3, -0.25) is 4.79 Å². The number of hydrogen-bond donors (Lipinski definition) is 2. The molecule has 0 bridgehead atoms. The zero-order valence-corrected chi connectivity index (χ0v) is 11.2. The number of anilines is 2. The summed E-state index contributed by atoms with van der Waals surface area (Å²) >= 11 is 1.08. The molecular weight excluding hydrogens is 264 g/mol. The normalized spacial score (nSPS) is 10.2. The van der Waals surface area contributed by atoms with Gasteiger partial charge in [0.1, 0.15) is 4.88 Å². The lowest BCUT2D eigenvalue weighted by molar-refractivity contribution is 0.0701. The van der Waals surface area contributed by atoms with E-state index < -0.39 is 5.97 Å². The van der Waals surface area contributed by atoms with Gasteiger partial charge in [-0.25, -0.2) is 9.78 Å². The number of carbonyl (C=O) groups excluding carboxylic acids is 1. The van der Waals surface area contributed by atoms with Crippen molar-refractivity contribution in [2.45, 2.75) is 13.8 Å². The highest BCUT2D eigenvalue weighted by Gasteiger charge is 2.13. The number of nitrogens with zero attached hydrogens (tertiary/aromatic N) is 1. The number of aromatic nitrogens is 1. The number of aromatic carboxylic acids is 1. The summed E-state index contributed by atoms with van der Waals surface area (Å²) in [6, 6.07) is 6.94. The van der Waals surface area contributed by atoms with Crippen LogP contribution < -0.4 is 5.32 Å². The van der Waals surface area contributed by atoms with E-state index in [-0.39, 0.29) is 10.7 Å². The molecule has 5 nitrogen and oxygen atoms in total. The molecule has 0 aliphatic carbocycles. The minimum absolute atomic E-state index is 0.00445. The van der Waals surface area contributed by atoms with E-state index in [1.807, 2.05) is 0 Å². The molecule has 1 heterocycles. The Morgan fingerprint density at radius 1 is 1.26 bits per heavy atom. The minimum Gasteiger partial charge on any atom is -0.477 e. The summed E-state index contributed by atoms with van der Waals surface area (Å²) < 4.78 is 0. The van der Waals surface area contributed by atoms with E-state index in [9.17, 15) is 9.59 Å². The molecule has 1 aromatic heterocycles.